The molecule has 1 fully saturated rings. The minimum atomic E-state index is -1.54. The number of carboxylic acids is 2. The summed E-state index contributed by atoms with van der Waals surface area (Å²) < 4.78 is 2.59. The lowest BCUT2D eigenvalue weighted by Crippen LogP contribution is -2.71. The normalized spacial score (nSPS) is 19.5. The van der Waals surface area contributed by atoms with Crippen LogP contribution in [0, 0.1) is 0 Å². The van der Waals surface area contributed by atoms with E-state index in [9.17, 15) is 24.3 Å². The highest BCUT2D eigenvalue weighted by molar-refractivity contribution is 8.00. The highest BCUT2D eigenvalue weighted by Crippen LogP contribution is 2.40. The van der Waals surface area contributed by atoms with E-state index in [1.54, 1.807) is 17.0 Å². The van der Waals surface area contributed by atoms with Crippen molar-refractivity contribution < 1.29 is 38.8 Å². The number of aromatic nitrogens is 3. The molecule has 3 aromatic heterocycles. The van der Waals surface area contributed by atoms with Crippen LogP contribution in [0.25, 0.3) is 10.2 Å². The molecule has 2 amide bonds. The number of rotatable bonds is 9. The zero-order valence-electron chi connectivity index (χ0n) is 20.8. The number of aliphatic carboxylic acids is 2. The number of nitrogens with zero attached hydrogens (tertiary/aromatic N) is 5. The largest absolute Gasteiger partial charge is 0.543 e. The number of thiazole rings is 2. The smallest absolute Gasteiger partial charge is 0.347 e. The lowest BCUT2D eigenvalue weighted by molar-refractivity contribution is -0.687. The summed E-state index contributed by atoms with van der Waals surface area (Å²) in [6.45, 7) is 1.34. The Morgan fingerprint density at radius 2 is 2.07 bits per heavy atom. The van der Waals surface area contributed by atoms with Gasteiger partial charge in [0.25, 0.3) is 11.8 Å². The first-order valence-corrected chi connectivity index (χ1v) is 14.6. The number of carbonyl (C=O) groups excluding carboxylic acids is 3. The molecule has 19 heteroatoms. The number of hydrogen-bond donors (Lipinski definition) is 4. The number of carbonyl (C=O) groups is 4. The number of nitrogens with one attached hydrogen (secondary N) is 1. The Bertz CT molecular complexity index is 1670. The Morgan fingerprint density at radius 1 is 1.34 bits per heavy atom. The van der Waals surface area contributed by atoms with Crippen LogP contribution in [0.15, 0.2) is 34.9 Å². The highest BCUT2D eigenvalue weighted by Gasteiger charge is 2.53. The minimum Gasteiger partial charge on any atom is -0.543 e. The van der Waals surface area contributed by atoms with Crippen LogP contribution in [0.4, 0.5) is 10.3 Å². The Hall–Kier alpha value is -4.00. The molecule has 3 atom stereocenters. The first kappa shape index (κ1) is 28.5. The van der Waals surface area contributed by atoms with Crippen molar-refractivity contribution >= 4 is 96.0 Å². The van der Waals surface area contributed by atoms with Crippen LogP contribution in [0.1, 0.15) is 12.6 Å². The lowest BCUT2D eigenvalue weighted by Gasteiger charge is -2.50. The van der Waals surface area contributed by atoms with Gasteiger partial charge in [-0.1, -0.05) is 39.4 Å². The highest BCUT2D eigenvalue weighted by atomic mass is 35.5. The van der Waals surface area contributed by atoms with Gasteiger partial charge in [0, 0.05) is 17.4 Å². The second-order valence-corrected chi connectivity index (χ2v) is 12.5. The molecule has 15 nitrogen and oxygen atoms in total. The maximum atomic E-state index is 13.2. The number of halogens is 1. The number of hydrogen-bond acceptors (Lipinski definition) is 14. The molecule has 0 aromatic carbocycles. The SMILES string of the molecule is C[C@H](O/N=C(\C(=O)NC1C(=O)N2C(C(=O)[O-])=C(C[n+]3ccc4sc(N)nc4c3)CSC12)c1nc(N)sc1Cl)C(=O)O. The predicted molar refractivity (Wildman–Crippen MR) is 148 cm³/mol. The minimum absolute atomic E-state index is 0.0112. The van der Waals surface area contributed by atoms with Crippen LogP contribution in [-0.4, -0.2) is 72.7 Å². The number of thioether (sulfide) groups is 1. The van der Waals surface area contributed by atoms with Crippen molar-refractivity contribution in [2.75, 3.05) is 17.2 Å². The molecule has 41 heavy (non-hydrogen) atoms. The van der Waals surface area contributed by atoms with Crippen molar-refractivity contribution in [1.82, 2.24) is 20.2 Å². The number of nitrogens with two attached hydrogens (primary N) is 2. The Balaban J connectivity index is 1.37. The van der Waals surface area contributed by atoms with Crippen molar-refractivity contribution in [3.63, 3.8) is 0 Å². The molecule has 2 aliphatic heterocycles. The Kier molecular flexibility index (Phi) is 7.73. The number of anilines is 2. The van der Waals surface area contributed by atoms with E-state index < -0.39 is 47.0 Å². The van der Waals surface area contributed by atoms with Crippen molar-refractivity contribution in [3.05, 3.63) is 39.8 Å². The van der Waals surface area contributed by atoms with E-state index in [0.717, 1.165) is 20.9 Å². The number of amides is 2. The van der Waals surface area contributed by atoms with Gasteiger partial charge in [-0.05, 0) is 6.92 Å². The third-order valence-corrected chi connectivity index (χ3v) is 9.28. The zero-order chi connectivity index (χ0) is 29.6. The summed E-state index contributed by atoms with van der Waals surface area (Å²) in [5, 5.41) is 27.0. The number of β-lactam (4-membered cyclic amide) rings is 1. The van der Waals surface area contributed by atoms with Gasteiger partial charge in [0.1, 0.15) is 27.0 Å². The van der Waals surface area contributed by atoms with Gasteiger partial charge in [-0.3, -0.25) is 14.5 Å². The molecular weight excluding hydrogens is 620 g/mol. The summed E-state index contributed by atoms with van der Waals surface area (Å²) in [5.41, 5.74) is 11.6. The summed E-state index contributed by atoms with van der Waals surface area (Å²) in [6.07, 6.45) is 2.06. The molecule has 0 saturated carbocycles. The molecule has 0 aliphatic carbocycles. The third-order valence-electron chi connectivity index (χ3n) is 6.00. The van der Waals surface area contributed by atoms with Gasteiger partial charge < -0.3 is 36.6 Å². The predicted octanol–water partition coefficient (Wildman–Crippen LogP) is -0.844. The molecule has 0 radical (unpaired) electrons. The van der Waals surface area contributed by atoms with Crippen LogP contribution in [0.5, 0.6) is 0 Å². The first-order valence-electron chi connectivity index (χ1n) is 11.6. The monoisotopic (exact) mass is 638 g/mol. The average Bonchev–Trinajstić information content (AvgIpc) is 3.45. The van der Waals surface area contributed by atoms with Crippen molar-refractivity contribution in [2.45, 2.75) is 31.0 Å². The molecule has 0 bridgehead atoms. The molecule has 2 unspecified atom stereocenters. The van der Waals surface area contributed by atoms with Crippen LogP contribution in [0.2, 0.25) is 4.34 Å². The number of fused-ring (bicyclic) bond motifs is 2. The fraction of sp³-hybridized carbons (Fsp3) is 0.273. The standard InChI is InChI=1S/C22H19ClN8O7S3/c1-7(19(34)35)38-29-12(11-15(23)41-22(25)28-11)16(32)27-13-17(33)31-14(20(36)37)8(6-39-18(13)31)4-30-3-2-10-9(5-30)26-21(24)40-10/h2-3,5,7,13,18H,4,6H2,1H3,(H6-,24,25,26,27,28,32,34,35,36,37)/b29-12-/t7-,13?,18?/m0/s1. The van der Waals surface area contributed by atoms with Crippen LogP contribution in [0.3, 0.4) is 0 Å². The molecule has 214 valence electrons. The van der Waals surface area contributed by atoms with E-state index in [0.29, 0.717) is 16.2 Å². The molecule has 1 saturated heterocycles. The fourth-order valence-corrected chi connectivity index (χ4v) is 7.06. The third kappa shape index (κ3) is 5.50. The summed E-state index contributed by atoms with van der Waals surface area (Å²) >= 11 is 9.55. The molecule has 0 spiro atoms. The van der Waals surface area contributed by atoms with Gasteiger partial charge in [-0.25, -0.2) is 14.8 Å². The molecule has 3 aromatic rings. The van der Waals surface area contributed by atoms with Crippen molar-refractivity contribution in [1.29, 1.82) is 0 Å². The van der Waals surface area contributed by atoms with E-state index in [2.05, 4.69) is 20.4 Å². The van der Waals surface area contributed by atoms with Crippen LogP contribution < -0.4 is 26.5 Å². The Labute approximate surface area is 247 Å². The fourth-order valence-electron chi connectivity index (χ4n) is 4.09. The maximum Gasteiger partial charge on any atom is 0.347 e. The topological polar surface area (TPSA) is 230 Å². The van der Waals surface area contributed by atoms with Gasteiger partial charge in [0.05, 0.1) is 16.4 Å². The second-order valence-electron chi connectivity index (χ2n) is 8.72. The molecule has 5 heterocycles. The maximum absolute atomic E-state index is 13.2. The van der Waals surface area contributed by atoms with E-state index in [-0.39, 0.29) is 33.2 Å². The first-order chi connectivity index (χ1) is 19.4. The van der Waals surface area contributed by atoms with E-state index in [1.807, 2.05) is 6.07 Å². The summed E-state index contributed by atoms with van der Waals surface area (Å²) in [7, 11) is 0. The molecular formula is C22H19ClN8O7S3. The number of pyridine rings is 1. The van der Waals surface area contributed by atoms with Crippen molar-refractivity contribution in [3.8, 4) is 0 Å². The van der Waals surface area contributed by atoms with E-state index in [4.69, 9.17) is 33.0 Å². The summed E-state index contributed by atoms with van der Waals surface area (Å²) in [4.78, 5) is 63.8. The second kappa shape index (κ2) is 11.1. The summed E-state index contributed by atoms with van der Waals surface area (Å²) in [5.74, 6) is -4.30. The molecule has 6 N–H and O–H groups in total. The average molecular weight is 639 g/mol. The molecule has 2 aliphatic rings. The van der Waals surface area contributed by atoms with Gasteiger partial charge in [-0.15, -0.1) is 11.8 Å². The van der Waals surface area contributed by atoms with Crippen LogP contribution in [-0.2, 0) is 30.6 Å². The molecule has 5 rings (SSSR count). The van der Waals surface area contributed by atoms with Crippen LogP contribution >= 0.6 is 46.0 Å². The quantitative estimate of drug-likeness (QED) is 0.0972. The van der Waals surface area contributed by atoms with Gasteiger partial charge in [-0.2, -0.15) is 4.57 Å². The van der Waals surface area contributed by atoms with E-state index in [1.165, 1.54) is 30.0 Å². The number of carboxylic acid groups (broad SMARTS) is 2. The summed E-state index contributed by atoms with van der Waals surface area (Å²) in [6, 6.07) is 0.673. The van der Waals surface area contributed by atoms with Crippen molar-refractivity contribution in [2.24, 2.45) is 5.16 Å². The lowest BCUT2D eigenvalue weighted by atomic mass is 10.0. The number of oxime groups is 1. The van der Waals surface area contributed by atoms with Gasteiger partial charge in [0.2, 0.25) is 6.10 Å². The van der Waals surface area contributed by atoms with E-state index >= 15 is 0 Å². The zero-order valence-corrected chi connectivity index (χ0v) is 24.0. The van der Waals surface area contributed by atoms with Gasteiger partial charge in [0.15, 0.2) is 34.9 Å². The van der Waals surface area contributed by atoms with Gasteiger partial charge >= 0.3 is 5.97 Å². The Morgan fingerprint density at radius 3 is 2.73 bits per heavy atom. The number of nitrogen functional groups attached to an aromatic ring is 2.